The van der Waals surface area contributed by atoms with Crippen LogP contribution in [0.25, 0.3) is 32.8 Å². The lowest BCUT2D eigenvalue weighted by atomic mass is 9.99. The number of rotatable bonds is 4. The summed E-state index contributed by atoms with van der Waals surface area (Å²) in [4.78, 5) is 21.1. The van der Waals surface area contributed by atoms with Gasteiger partial charge in [0.15, 0.2) is 6.10 Å². The van der Waals surface area contributed by atoms with Gasteiger partial charge >= 0.3 is 0 Å². The van der Waals surface area contributed by atoms with Crippen molar-refractivity contribution in [3.8, 4) is 11.1 Å². The van der Waals surface area contributed by atoms with Gasteiger partial charge in [-0.15, -0.1) is 0 Å². The van der Waals surface area contributed by atoms with Gasteiger partial charge in [-0.2, -0.15) is 0 Å². The van der Waals surface area contributed by atoms with Gasteiger partial charge in [0, 0.05) is 28.9 Å². The van der Waals surface area contributed by atoms with Crippen LogP contribution in [-0.4, -0.2) is 21.0 Å². The Bertz CT molecular complexity index is 1470. The summed E-state index contributed by atoms with van der Waals surface area (Å²) in [5.41, 5.74) is 9.79. The predicted octanol–water partition coefficient (Wildman–Crippen LogP) is 4.70. The summed E-state index contributed by atoms with van der Waals surface area (Å²) in [5.74, 6) is -0.0760. The summed E-state index contributed by atoms with van der Waals surface area (Å²) in [6.45, 7) is 0. The van der Waals surface area contributed by atoms with Crippen molar-refractivity contribution in [2.24, 2.45) is 0 Å². The molecule has 0 aliphatic carbocycles. The zero-order valence-electron chi connectivity index (χ0n) is 17.1. The molecule has 6 nitrogen and oxygen atoms in total. The second kappa shape index (κ2) is 8.09. The molecule has 0 bridgehead atoms. The number of benzene rings is 3. The molecule has 1 amide bonds. The SMILES string of the molecule is Nc1nccc2cc(NC(=O)C(O)c3cccc(-c4ccc5ncccc5c4)c3)ccc12. The third-order valence-electron chi connectivity index (χ3n) is 5.45. The fourth-order valence-electron chi connectivity index (χ4n) is 3.78. The lowest BCUT2D eigenvalue weighted by Gasteiger charge is -2.14. The first-order valence-corrected chi connectivity index (χ1v) is 10.2. The Morgan fingerprint density at radius 3 is 2.62 bits per heavy atom. The summed E-state index contributed by atoms with van der Waals surface area (Å²) >= 11 is 0. The van der Waals surface area contributed by atoms with Crippen LogP contribution in [-0.2, 0) is 4.79 Å². The number of aliphatic hydroxyl groups is 1. The highest BCUT2D eigenvalue weighted by Gasteiger charge is 2.18. The van der Waals surface area contributed by atoms with E-state index in [1.165, 1.54) is 0 Å². The van der Waals surface area contributed by atoms with Gasteiger partial charge in [0.05, 0.1) is 5.52 Å². The Hall–Kier alpha value is -4.29. The van der Waals surface area contributed by atoms with Crippen LogP contribution in [0.15, 0.2) is 91.3 Å². The largest absolute Gasteiger partial charge is 0.383 e. The van der Waals surface area contributed by atoms with Crippen molar-refractivity contribution in [1.29, 1.82) is 0 Å². The van der Waals surface area contributed by atoms with Gasteiger partial charge < -0.3 is 16.2 Å². The Labute approximate surface area is 184 Å². The molecule has 0 fully saturated rings. The van der Waals surface area contributed by atoms with Crippen molar-refractivity contribution in [2.45, 2.75) is 6.10 Å². The molecule has 6 heteroatoms. The number of hydrogen-bond acceptors (Lipinski definition) is 5. The van der Waals surface area contributed by atoms with Gasteiger partial charge in [-0.1, -0.05) is 30.3 Å². The molecular weight excluding hydrogens is 400 g/mol. The van der Waals surface area contributed by atoms with Gasteiger partial charge in [0.2, 0.25) is 0 Å². The third-order valence-corrected chi connectivity index (χ3v) is 5.45. The summed E-state index contributed by atoms with van der Waals surface area (Å²) < 4.78 is 0. The first-order chi connectivity index (χ1) is 15.6. The maximum atomic E-state index is 12.7. The maximum Gasteiger partial charge on any atom is 0.257 e. The van der Waals surface area contributed by atoms with E-state index in [1.807, 2.05) is 54.6 Å². The van der Waals surface area contributed by atoms with Crippen molar-refractivity contribution < 1.29 is 9.90 Å². The molecule has 32 heavy (non-hydrogen) atoms. The Balaban J connectivity index is 1.39. The number of aliphatic hydroxyl groups excluding tert-OH is 1. The topological polar surface area (TPSA) is 101 Å². The first-order valence-electron chi connectivity index (χ1n) is 10.2. The summed E-state index contributed by atoms with van der Waals surface area (Å²) in [5, 5.41) is 16.2. The van der Waals surface area contributed by atoms with E-state index in [0.717, 1.165) is 32.8 Å². The number of nitrogens with one attached hydrogen (secondary N) is 1. The average molecular weight is 420 g/mol. The fraction of sp³-hybridized carbons (Fsp3) is 0.0385. The van der Waals surface area contributed by atoms with Crippen molar-refractivity contribution >= 4 is 39.1 Å². The normalized spacial score (nSPS) is 12.0. The quantitative estimate of drug-likeness (QED) is 0.391. The van der Waals surface area contributed by atoms with E-state index < -0.39 is 12.0 Å². The first kappa shape index (κ1) is 19.7. The molecule has 0 aliphatic rings. The molecule has 0 radical (unpaired) electrons. The number of amides is 1. The van der Waals surface area contributed by atoms with Gasteiger partial charge in [0.1, 0.15) is 5.82 Å². The van der Waals surface area contributed by atoms with E-state index in [1.54, 1.807) is 36.7 Å². The van der Waals surface area contributed by atoms with Crippen molar-refractivity contribution in [2.75, 3.05) is 11.1 Å². The number of hydrogen-bond donors (Lipinski definition) is 3. The number of nitrogens with two attached hydrogens (primary N) is 1. The van der Waals surface area contributed by atoms with Gasteiger partial charge in [-0.05, 0) is 70.6 Å². The molecule has 3 aromatic carbocycles. The van der Waals surface area contributed by atoms with E-state index in [9.17, 15) is 9.90 Å². The smallest absolute Gasteiger partial charge is 0.257 e. The predicted molar refractivity (Wildman–Crippen MR) is 127 cm³/mol. The summed E-state index contributed by atoms with van der Waals surface area (Å²) in [7, 11) is 0. The van der Waals surface area contributed by atoms with E-state index in [4.69, 9.17) is 5.73 Å². The van der Waals surface area contributed by atoms with Gasteiger partial charge in [-0.25, -0.2) is 4.98 Å². The highest BCUT2D eigenvalue weighted by Crippen LogP contribution is 2.27. The van der Waals surface area contributed by atoms with Crippen LogP contribution in [0.1, 0.15) is 11.7 Å². The lowest BCUT2D eigenvalue weighted by molar-refractivity contribution is -0.124. The minimum atomic E-state index is -1.31. The molecule has 0 aliphatic heterocycles. The molecule has 0 saturated heterocycles. The molecule has 1 unspecified atom stereocenters. The van der Waals surface area contributed by atoms with Crippen LogP contribution in [0.2, 0.25) is 0 Å². The van der Waals surface area contributed by atoms with Crippen LogP contribution >= 0.6 is 0 Å². The highest BCUT2D eigenvalue weighted by molar-refractivity contribution is 5.99. The maximum absolute atomic E-state index is 12.7. The van der Waals surface area contributed by atoms with Crippen molar-refractivity contribution in [1.82, 2.24) is 9.97 Å². The molecular formula is C26H20N4O2. The molecule has 2 aromatic heterocycles. The fourth-order valence-corrected chi connectivity index (χ4v) is 3.78. The summed E-state index contributed by atoms with van der Waals surface area (Å²) in [6, 6.07) is 24.4. The minimum absolute atomic E-state index is 0.432. The summed E-state index contributed by atoms with van der Waals surface area (Å²) in [6.07, 6.45) is 2.07. The van der Waals surface area contributed by atoms with Crippen LogP contribution in [0.4, 0.5) is 11.5 Å². The van der Waals surface area contributed by atoms with E-state index >= 15 is 0 Å². The molecule has 0 spiro atoms. The van der Waals surface area contributed by atoms with Crippen LogP contribution in [0.5, 0.6) is 0 Å². The Morgan fingerprint density at radius 2 is 1.72 bits per heavy atom. The molecule has 2 heterocycles. The second-order valence-electron chi connectivity index (χ2n) is 7.56. The monoisotopic (exact) mass is 420 g/mol. The highest BCUT2D eigenvalue weighted by atomic mass is 16.3. The van der Waals surface area contributed by atoms with Crippen molar-refractivity contribution in [3.05, 3.63) is 96.8 Å². The van der Waals surface area contributed by atoms with Crippen LogP contribution in [0, 0.1) is 0 Å². The number of pyridine rings is 2. The average Bonchev–Trinajstić information content (AvgIpc) is 2.83. The number of anilines is 2. The number of aromatic nitrogens is 2. The van der Waals surface area contributed by atoms with E-state index in [-0.39, 0.29) is 0 Å². The number of carbonyl (C=O) groups is 1. The number of fused-ring (bicyclic) bond motifs is 2. The Morgan fingerprint density at radius 1 is 0.844 bits per heavy atom. The molecule has 0 saturated carbocycles. The van der Waals surface area contributed by atoms with E-state index in [2.05, 4.69) is 15.3 Å². The lowest BCUT2D eigenvalue weighted by Crippen LogP contribution is -2.20. The number of nitrogens with zero attached hydrogens (tertiary/aromatic N) is 2. The zero-order valence-corrected chi connectivity index (χ0v) is 17.1. The van der Waals surface area contributed by atoms with Crippen LogP contribution in [0.3, 0.4) is 0 Å². The third kappa shape index (κ3) is 3.75. The van der Waals surface area contributed by atoms with Crippen molar-refractivity contribution in [3.63, 3.8) is 0 Å². The second-order valence-corrected chi connectivity index (χ2v) is 7.56. The molecule has 156 valence electrons. The zero-order chi connectivity index (χ0) is 22.1. The van der Waals surface area contributed by atoms with E-state index in [0.29, 0.717) is 17.1 Å². The molecule has 4 N–H and O–H groups in total. The van der Waals surface area contributed by atoms with Gasteiger partial charge in [-0.3, -0.25) is 9.78 Å². The molecule has 5 aromatic rings. The standard InChI is InChI=1S/C26H20N4O2/c27-25-22-8-7-21(15-18(22)10-12-29-25)30-26(32)24(31)20-4-1-3-16(14-20)17-6-9-23-19(13-17)5-2-11-28-23/h1-15,24,31H,(H2,27,29)(H,30,32). The van der Waals surface area contributed by atoms with Crippen LogP contribution < -0.4 is 11.1 Å². The number of nitrogen functional groups attached to an aromatic ring is 1. The van der Waals surface area contributed by atoms with Gasteiger partial charge in [0.25, 0.3) is 5.91 Å². The molecule has 5 rings (SSSR count). The number of carbonyl (C=O) groups excluding carboxylic acids is 1. The molecule has 1 atom stereocenters. The minimum Gasteiger partial charge on any atom is -0.383 e. The Kier molecular flexibility index (Phi) is 4.97.